The molecule has 2 aromatic rings. The van der Waals surface area contributed by atoms with Crippen LogP contribution in [0.3, 0.4) is 0 Å². The molecule has 0 saturated carbocycles. The molecule has 0 saturated heterocycles. The average Bonchev–Trinajstić information content (AvgIpc) is 2.59. The van der Waals surface area contributed by atoms with Crippen molar-refractivity contribution in [2.24, 2.45) is 5.41 Å². The minimum atomic E-state index is 0.0374. The number of hydrogen-bond donors (Lipinski definition) is 1. The van der Waals surface area contributed by atoms with Crippen LogP contribution < -0.4 is 14.8 Å². The Bertz CT molecular complexity index is 815. The topological polar surface area (TPSA) is 30.5 Å². The molecule has 160 valence electrons. The molecule has 1 N–H and O–H groups in total. The van der Waals surface area contributed by atoms with Crippen molar-refractivity contribution in [2.45, 2.75) is 66.7 Å². The number of nitrogens with one attached hydrogen (secondary N) is 1. The van der Waals surface area contributed by atoms with Crippen LogP contribution in [0.5, 0.6) is 11.5 Å². The van der Waals surface area contributed by atoms with Gasteiger partial charge in [-0.05, 0) is 72.3 Å². The van der Waals surface area contributed by atoms with E-state index in [1.54, 1.807) is 0 Å². The van der Waals surface area contributed by atoms with Crippen LogP contribution in [-0.2, 0) is 13.2 Å². The summed E-state index contributed by atoms with van der Waals surface area (Å²) in [5.74, 6) is 1.43. The maximum absolute atomic E-state index is 6.25. The van der Waals surface area contributed by atoms with Crippen molar-refractivity contribution in [1.82, 2.24) is 5.32 Å². The molecule has 3 nitrogen and oxygen atoms in total. The van der Waals surface area contributed by atoms with Crippen LogP contribution in [0, 0.1) is 5.41 Å². The van der Waals surface area contributed by atoms with Crippen molar-refractivity contribution in [3.63, 3.8) is 0 Å². The first-order chi connectivity index (χ1) is 13.5. The van der Waals surface area contributed by atoms with Gasteiger partial charge in [0.1, 0.15) is 6.61 Å². The molecule has 0 spiro atoms. The third-order valence-corrected chi connectivity index (χ3v) is 5.40. The number of halogens is 2. The van der Waals surface area contributed by atoms with E-state index in [0.29, 0.717) is 24.0 Å². The average molecular weight is 483 g/mol. The summed E-state index contributed by atoms with van der Waals surface area (Å²) in [5, 5.41) is 4.38. The molecule has 0 aliphatic carbocycles. The van der Waals surface area contributed by atoms with Crippen molar-refractivity contribution in [1.29, 1.82) is 0 Å². The lowest BCUT2D eigenvalue weighted by molar-refractivity contribution is 0.240. The Kier molecular flexibility index (Phi) is 8.45. The highest BCUT2D eigenvalue weighted by Gasteiger charge is 2.25. The molecule has 2 aromatic carbocycles. The second-order valence-electron chi connectivity index (χ2n) is 9.19. The van der Waals surface area contributed by atoms with Crippen molar-refractivity contribution in [3.8, 4) is 11.5 Å². The molecule has 0 unspecified atom stereocenters. The zero-order valence-corrected chi connectivity index (χ0v) is 20.7. The Morgan fingerprint density at radius 3 is 2.34 bits per heavy atom. The highest BCUT2D eigenvalue weighted by Crippen LogP contribution is 2.38. The third-order valence-electron chi connectivity index (χ3n) is 4.44. The molecule has 0 fully saturated rings. The molecule has 29 heavy (non-hydrogen) atoms. The van der Waals surface area contributed by atoms with E-state index >= 15 is 0 Å². The van der Waals surface area contributed by atoms with Crippen molar-refractivity contribution >= 4 is 27.5 Å². The van der Waals surface area contributed by atoms with Crippen LogP contribution in [0.2, 0.25) is 5.02 Å². The molecular weight excluding hydrogens is 450 g/mol. The summed E-state index contributed by atoms with van der Waals surface area (Å²) < 4.78 is 12.8. The van der Waals surface area contributed by atoms with Gasteiger partial charge < -0.3 is 14.8 Å². The summed E-state index contributed by atoms with van der Waals surface area (Å²) in [6, 6.07) is 11.8. The lowest BCUT2D eigenvalue weighted by Crippen LogP contribution is -2.41. The van der Waals surface area contributed by atoms with Gasteiger partial charge in [-0.3, -0.25) is 0 Å². The van der Waals surface area contributed by atoms with Gasteiger partial charge in [0.05, 0.1) is 11.1 Å². The second-order valence-corrected chi connectivity index (χ2v) is 10.5. The van der Waals surface area contributed by atoms with Gasteiger partial charge in [-0.25, -0.2) is 0 Å². The van der Waals surface area contributed by atoms with Crippen LogP contribution in [0.25, 0.3) is 0 Å². The van der Waals surface area contributed by atoms with Gasteiger partial charge in [-0.2, -0.15) is 0 Å². The minimum Gasteiger partial charge on any atom is -0.490 e. The van der Waals surface area contributed by atoms with Crippen LogP contribution in [0.4, 0.5) is 0 Å². The van der Waals surface area contributed by atoms with Crippen molar-refractivity contribution < 1.29 is 9.47 Å². The summed E-state index contributed by atoms with van der Waals surface area (Å²) >= 11 is 9.92. The van der Waals surface area contributed by atoms with E-state index in [4.69, 9.17) is 21.1 Å². The smallest absolute Gasteiger partial charge is 0.175 e. The fraction of sp³-hybridized carbons (Fsp3) is 0.500. The summed E-state index contributed by atoms with van der Waals surface area (Å²) in [7, 11) is 0. The predicted octanol–water partition coefficient (Wildman–Crippen LogP) is 7.38. The van der Waals surface area contributed by atoms with Gasteiger partial charge in [0.15, 0.2) is 11.5 Å². The maximum atomic E-state index is 6.25. The van der Waals surface area contributed by atoms with Crippen LogP contribution >= 0.6 is 27.5 Å². The number of ether oxygens (including phenoxy) is 2. The Morgan fingerprint density at radius 1 is 1.03 bits per heavy atom. The first-order valence-corrected chi connectivity index (χ1v) is 11.2. The Balaban J connectivity index is 2.15. The van der Waals surface area contributed by atoms with E-state index < -0.39 is 0 Å². The van der Waals surface area contributed by atoms with Crippen molar-refractivity contribution in [3.05, 3.63) is 57.0 Å². The fourth-order valence-electron chi connectivity index (χ4n) is 3.62. The molecule has 0 bridgehead atoms. The first-order valence-electron chi connectivity index (χ1n) is 10.1. The van der Waals surface area contributed by atoms with E-state index in [9.17, 15) is 0 Å². The van der Waals surface area contributed by atoms with Crippen molar-refractivity contribution in [2.75, 3.05) is 6.61 Å². The predicted molar refractivity (Wildman–Crippen MR) is 126 cm³/mol. The number of hydrogen-bond acceptors (Lipinski definition) is 3. The van der Waals surface area contributed by atoms with Gasteiger partial charge in [0.2, 0.25) is 0 Å². The van der Waals surface area contributed by atoms with E-state index in [1.807, 2.05) is 31.2 Å². The van der Waals surface area contributed by atoms with Gasteiger partial charge >= 0.3 is 0 Å². The first kappa shape index (κ1) is 24.0. The van der Waals surface area contributed by atoms with E-state index in [0.717, 1.165) is 34.3 Å². The number of rotatable bonds is 9. The third kappa shape index (κ3) is 7.84. The highest BCUT2D eigenvalue weighted by molar-refractivity contribution is 9.10. The number of benzene rings is 2. The maximum Gasteiger partial charge on any atom is 0.175 e. The largest absolute Gasteiger partial charge is 0.490 e. The van der Waals surface area contributed by atoms with E-state index in [-0.39, 0.29) is 11.0 Å². The molecule has 0 radical (unpaired) electrons. The standard InChI is InChI=1S/C24H33BrClNO2/c1-7-28-21-13-17(14-27-24(5,6)16-23(2,3)4)12-19(25)22(21)29-15-18-10-8-9-11-20(18)26/h8-13,27H,7,14-16H2,1-6H3. The van der Waals surface area contributed by atoms with Gasteiger partial charge in [0.25, 0.3) is 0 Å². The lowest BCUT2D eigenvalue weighted by atomic mass is 9.82. The summed E-state index contributed by atoms with van der Waals surface area (Å²) in [5.41, 5.74) is 2.39. The molecule has 0 aliphatic heterocycles. The molecule has 5 heteroatoms. The molecule has 0 aromatic heterocycles. The molecule has 0 amide bonds. The zero-order valence-electron chi connectivity index (χ0n) is 18.4. The molecule has 0 atom stereocenters. The van der Waals surface area contributed by atoms with Crippen LogP contribution in [0.1, 0.15) is 59.1 Å². The second kappa shape index (κ2) is 10.2. The Hall–Kier alpha value is -1.23. The highest BCUT2D eigenvalue weighted by atomic mass is 79.9. The van der Waals surface area contributed by atoms with Gasteiger partial charge in [-0.1, -0.05) is 50.6 Å². The fourth-order valence-corrected chi connectivity index (χ4v) is 4.42. The Labute approximate surface area is 189 Å². The van der Waals surface area contributed by atoms with E-state index in [1.165, 1.54) is 0 Å². The summed E-state index contributed by atoms with van der Waals surface area (Å²) in [6.07, 6.45) is 1.08. The summed E-state index contributed by atoms with van der Waals surface area (Å²) in [6.45, 7) is 15.0. The molecule has 0 aliphatic rings. The molecular formula is C24H33BrClNO2. The zero-order chi connectivity index (χ0) is 21.7. The van der Waals surface area contributed by atoms with Crippen LogP contribution in [0.15, 0.2) is 40.9 Å². The Morgan fingerprint density at radius 2 is 1.72 bits per heavy atom. The quantitative estimate of drug-likeness (QED) is 0.404. The SMILES string of the molecule is CCOc1cc(CNC(C)(C)CC(C)(C)C)cc(Br)c1OCc1ccccc1Cl. The van der Waals surface area contributed by atoms with E-state index in [2.05, 4.69) is 68.0 Å². The molecule has 0 heterocycles. The lowest BCUT2D eigenvalue weighted by Gasteiger charge is -2.33. The van der Waals surface area contributed by atoms with Crippen LogP contribution in [-0.4, -0.2) is 12.1 Å². The van der Waals surface area contributed by atoms with Gasteiger partial charge in [0, 0.05) is 22.7 Å². The monoisotopic (exact) mass is 481 g/mol. The minimum absolute atomic E-state index is 0.0374. The molecule has 2 rings (SSSR count). The normalized spacial score (nSPS) is 12.1. The van der Waals surface area contributed by atoms with Gasteiger partial charge in [-0.15, -0.1) is 0 Å². The summed E-state index contributed by atoms with van der Waals surface area (Å²) in [4.78, 5) is 0.